The van der Waals surface area contributed by atoms with Crippen molar-refractivity contribution in [2.45, 2.75) is 6.54 Å². The zero-order valence-corrected chi connectivity index (χ0v) is 16.0. The number of rotatable bonds is 4. The second-order valence-electron chi connectivity index (χ2n) is 6.99. The average Bonchev–Trinajstić information content (AvgIpc) is 3.12. The molecule has 0 aliphatic heterocycles. The normalized spacial score (nSPS) is 11.2. The molecule has 0 fully saturated rings. The van der Waals surface area contributed by atoms with E-state index in [0.717, 1.165) is 38.9 Å². The van der Waals surface area contributed by atoms with Gasteiger partial charge < -0.3 is 9.30 Å². The van der Waals surface area contributed by atoms with Crippen LogP contribution in [0.15, 0.2) is 84.9 Å². The lowest BCUT2D eigenvalue weighted by molar-refractivity contribution is 0.415. The van der Waals surface area contributed by atoms with Crippen molar-refractivity contribution in [1.82, 2.24) is 9.55 Å². The highest BCUT2D eigenvalue weighted by Gasteiger charge is 2.17. The number of hydrogen-bond acceptors (Lipinski definition) is 2. The summed E-state index contributed by atoms with van der Waals surface area (Å²) in [5.41, 5.74) is 3.42. The van der Waals surface area contributed by atoms with Gasteiger partial charge in [-0.05, 0) is 29.0 Å². The Bertz CT molecular complexity index is 1330. The van der Waals surface area contributed by atoms with Crippen molar-refractivity contribution in [3.63, 3.8) is 0 Å². The van der Waals surface area contributed by atoms with Gasteiger partial charge >= 0.3 is 0 Å². The first kappa shape index (κ1) is 17.4. The molecule has 142 valence electrons. The molecule has 0 amide bonds. The van der Waals surface area contributed by atoms with Crippen molar-refractivity contribution in [2.75, 3.05) is 7.11 Å². The summed E-state index contributed by atoms with van der Waals surface area (Å²) in [6.45, 7) is 0.397. The fourth-order valence-electron chi connectivity index (χ4n) is 3.82. The molecule has 29 heavy (non-hydrogen) atoms. The molecule has 0 radical (unpaired) electrons. The number of hydrogen-bond donors (Lipinski definition) is 0. The molecule has 5 aromatic rings. The third-order valence-electron chi connectivity index (χ3n) is 5.27. The molecule has 3 nitrogen and oxygen atoms in total. The fourth-order valence-corrected chi connectivity index (χ4v) is 3.82. The summed E-state index contributed by atoms with van der Waals surface area (Å²) >= 11 is 0. The van der Waals surface area contributed by atoms with Gasteiger partial charge in [-0.2, -0.15) is 0 Å². The van der Waals surface area contributed by atoms with E-state index in [4.69, 9.17) is 9.72 Å². The molecule has 0 saturated heterocycles. The number of benzene rings is 4. The minimum atomic E-state index is -0.216. The van der Waals surface area contributed by atoms with E-state index in [1.807, 2.05) is 48.5 Å². The third kappa shape index (κ3) is 3.03. The first-order valence-electron chi connectivity index (χ1n) is 9.50. The summed E-state index contributed by atoms with van der Waals surface area (Å²) in [6, 6.07) is 27.1. The number of ether oxygens (including phenoxy) is 1. The van der Waals surface area contributed by atoms with Crippen molar-refractivity contribution in [3.8, 4) is 17.1 Å². The second-order valence-corrected chi connectivity index (χ2v) is 6.99. The van der Waals surface area contributed by atoms with Gasteiger partial charge in [-0.15, -0.1) is 0 Å². The molecule has 4 aromatic carbocycles. The molecule has 1 heterocycles. The zero-order chi connectivity index (χ0) is 19.8. The van der Waals surface area contributed by atoms with Crippen molar-refractivity contribution in [2.24, 2.45) is 0 Å². The van der Waals surface area contributed by atoms with Crippen LogP contribution in [0.1, 0.15) is 5.56 Å². The Kier molecular flexibility index (Phi) is 4.24. The van der Waals surface area contributed by atoms with Crippen LogP contribution in [-0.4, -0.2) is 16.7 Å². The maximum atomic E-state index is 14.4. The number of nitrogens with zero attached hydrogens (tertiary/aromatic N) is 2. The molecule has 0 aliphatic carbocycles. The van der Waals surface area contributed by atoms with Crippen LogP contribution in [0.3, 0.4) is 0 Å². The first-order chi connectivity index (χ1) is 14.2. The summed E-state index contributed by atoms with van der Waals surface area (Å²) < 4.78 is 21.9. The molecule has 4 heteroatoms. The third-order valence-corrected chi connectivity index (χ3v) is 5.27. The second kappa shape index (κ2) is 7.06. The van der Waals surface area contributed by atoms with E-state index in [1.165, 1.54) is 6.07 Å². The van der Waals surface area contributed by atoms with E-state index in [0.29, 0.717) is 12.1 Å². The lowest BCUT2D eigenvalue weighted by atomic mass is 10.0. The number of halogens is 1. The Labute approximate surface area is 168 Å². The van der Waals surface area contributed by atoms with Gasteiger partial charge in [0.15, 0.2) is 0 Å². The predicted octanol–water partition coefficient (Wildman–Crippen LogP) is 6.05. The predicted molar refractivity (Wildman–Crippen MR) is 115 cm³/mol. The summed E-state index contributed by atoms with van der Waals surface area (Å²) in [4.78, 5) is 4.93. The highest BCUT2D eigenvalue weighted by Crippen LogP contribution is 2.32. The highest BCUT2D eigenvalue weighted by atomic mass is 19.1. The number of imidazole rings is 1. The van der Waals surface area contributed by atoms with E-state index in [1.54, 1.807) is 13.2 Å². The zero-order valence-electron chi connectivity index (χ0n) is 16.0. The molecule has 5 rings (SSSR count). The number of methoxy groups -OCH3 is 1. The van der Waals surface area contributed by atoms with Gasteiger partial charge in [0.2, 0.25) is 0 Å². The summed E-state index contributed by atoms with van der Waals surface area (Å²) in [6.07, 6.45) is 0. The minimum Gasteiger partial charge on any atom is -0.497 e. The van der Waals surface area contributed by atoms with E-state index < -0.39 is 0 Å². The monoisotopic (exact) mass is 382 g/mol. The van der Waals surface area contributed by atoms with Gasteiger partial charge in [0.05, 0.1) is 24.7 Å². The standard InChI is InChI=1S/C25H19FN2O/c1-29-19-13-14-24-23(15-19)27-25(28(24)16-18-8-3-5-12-22(18)26)21-11-6-9-17-7-2-4-10-20(17)21/h2-15H,16H2,1H3. The Hall–Kier alpha value is -3.66. The number of aromatic nitrogens is 2. The van der Waals surface area contributed by atoms with Crippen LogP contribution in [0.4, 0.5) is 4.39 Å². The Morgan fingerprint density at radius 3 is 2.55 bits per heavy atom. The first-order valence-corrected chi connectivity index (χ1v) is 9.50. The van der Waals surface area contributed by atoms with Crippen LogP contribution < -0.4 is 4.74 Å². The molecule has 0 atom stereocenters. The van der Waals surface area contributed by atoms with E-state index in [2.05, 4.69) is 28.8 Å². The topological polar surface area (TPSA) is 27.1 Å². The van der Waals surface area contributed by atoms with Crippen molar-refractivity contribution >= 4 is 21.8 Å². The van der Waals surface area contributed by atoms with Gasteiger partial charge in [-0.3, -0.25) is 0 Å². The maximum absolute atomic E-state index is 14.4. The van der Waals surface area contributed by atoms with Gasteiger partial charge in [-0.25, -0.2) is 9.37 Å². The number of fused-ring (bicyclic) bond motifs is 2. The van der Waals surface area contributed by atoms with E-state index in [-0.39, 0.29) is 5.82 Å². The van der Waals surface area contributed by atoms with Gasteiger partial charge in [0, 0.05) is 17.2 Å². The largest absolute Gasteiger partial charge is 0.497 e. The molecular weight excluding hydrogens is 363 g/mol. The quantitative estimate of drug-likeness (QED) is 0.378. The van der Waals surface area contributed by atoms with Gasteiger partial charge in [-0.1, -0.05) is 60.7 Å². The molecule has 0 N–H and O–H groups in total. The van der Waals surface area contributed by atoms with Crippen LogP contribution in [0, 0.1) is 5.82 Å². The molecule has 0 aliphatic rings. The van der Waals surface area contributed by atoms with Crippen molar-refractivity contribution < 1.29 is 9.13 Å². The van der Waals surface area contributed by atoms with Crippen LogP contribution in [0.5, 0.6) is 5.75 Å². The summed E-state index contributed by atoms with van der Waals surface area (Å²) in [5, 5.41) is 2.26. The molecule has 1 aromatic heterocycles. The molecule has 0 bridgehead atoms. The average molecular weight is 382 g/mol. The van der Waals surface area contributed by atoms with E-state index >= 15 is 0 Å². The van der Waals surface area contributed by atoms with E-state index in [9.17, 15) is 4.39 Å². The SMILES string of the molecule is COc1ccc2c(c1)nc(-c1cccc3ccccc13)n2Cc1ccccc1F. The minimum absolute atomic E-state index is 0.216. The highest BCUT2D eigenvalue weighted by molar-refractivity contribution is 5.97. The van der Waals surface area contributed by atoms with Crippen molar-refractivity contribution in [1.29, 1.82) is 0 Å². The molecule has 0 unspecified atom stereocenters. The fraction of sp³-hybridized carbons (Fsp3) is 0.0800. The lowest BCUT2D eigenvalue weighted by Gasteiger charge is -2.12. The Morgan fingerprint density at radius 2 is 1.69 bits per heavy atom. The molecular formula is C25H19FN2O. The van der Waals surface area contributed by atoms with Crippen LogP contribution in [-0.2, 0) is 6.54 Å². The van der Waals surface area contributed by atoms with Gasteiger partial charge in [0.1, 0.15) is 17.4 Å². The maximum Gasteiger partial charge on any atom is 0.142 e. The van der Waals surface area contributed by atoms with Gasteiger partial charge in [0.25, 0.3) is 0 Å². The van der Waals surface area contributed by atoms with Crippen LogP contribution in [0.2, 0.25) is 0 Å². The van der Waals surface area contributed by atoms with Crippen molar-refractivity contribution in [3.05, 3.63) is 96.3 Å². The van der Waals surface area contributed by atoms with Crippen LogP contribution >= 0.6 is 0 Å². The Morgan fingerprint density at radius 1 is 0.897 bits per heavy atom. The Balaban J connectivity index is 1.78. The summed E-state index contributed by atoms with van der Waals surface area (Å²) in [5.74, 6) is 1.34. The summed E-state index contributed by atoms with van der Waals surface area (Å²) in [7, 11) is 1.64. The van der Waals surface area contributed by atoms with Crippen LogP contribution in [0.25, 0.3) is 33.2 Å². The lowest BCUT2D eigenvalue weighted by Crippen LogP contribution is -2.04. The smallest absolute Gasteiger partial charge is 0.142 e. The molecule has 0 saturated carbocycles. The molecule has 0 spiro atoms.